The third kappa shape index (κ3) is 3.15. The summed E-state index contributed by atoms with van der Waals surface area (Å²) in [5, 5.41) is 22.4. The van der Waals surface area contributed by atoms with E-state index in [1.54, 1.807) is 11.3 Å². The minimum absolute atomic E-state index is 0.162. The van der Waals surface area contributed by atoms with Crippen LogP contribution in [0.3, 0.4) is 0 Å². The number of nitrogens with zero attached hydrogens (tertiary/aromatic N) is 1. The lowest BCUT2D eigenvalue weighted by Crippen LogP contribution is -2.20. The van der Waals surface area contributed by atoms with Gasteiger partial charge < -0.3 is 5.11 Å². The van der Waals surface area contributed by atoms with Gasteiger partial charge in [0.1, 0.15) is 6.04 Å². The van der Waals surface area contributed by atoms with Crippen LogP contribution in [0, 0.1) is 11.3 Å². The van der Waals surface area contributed by atoms with Gasteiger partial charge in [0, 0.05) is 11.5 Å². The molecule has 1 rings (SSSR count). The van der Waals surface area contributed by atoms with E-state index in [2.05, 4.69) is 11.4 Å². The number of hydrogen-bond donors (Lipinski definition) is 2. The molecule has 0 amide bonds. The van der Waals surface area contributed by atoms with Crippen LogP contribution in [0.15, 0.2) is 17.5 Å². The highest BCUT2D eigenvalue weighted by Gasteiger charge is 2.09. The van der Waals surface area contributed by atoms with Crippen molar-refractivity contribution in [1.82, 2.24) is 5.32 Å². The fourth-order valence-electron chi connectivity index (χ4n) is 0.991. The van der Waals surface area contributed by atoms with Gasteiger partial charge in [-0.2, -0.15) is 5.26 Å². The van der Waals surface area contributed by atoms with Crippen LogP contribution in [-0.2, 0) is 0 Å². The second-order valence-electron chi connectivity index (χ2n) is 2.61. The van der Waals surface area contributed by atoms with Crippen LogP contribution in [0.2, 0.25) is 0 Å². The summed E-state index contributed by atoms with van der Waals surface area (Å²) in [6.07, 6.45) is 0.684. The van der Waals surface area contributed by atoms with Crippen molar-refractivity contribution in [2.45, 2.75) is 12.5 Å². The Morgan fingerprint density at radius 1 is 1.69 bits per heavy atom. The van der Waals surface area contributed by atoms with Crippen LogP contribution in [0.5, 0.6) is 0 Å². The summed E-state index contributed by atoms with van der Waals surface area (Å²) in [4.78, 5) is 1.03. The number of aliphatic hydroxyl groups excluding tert-OH is 1. The number of hydrogen-bond acceptors (Lipinski definition) is 4. The van der Waals surface area contributed by atoms with E-state index in [0.717, 1.165) is 4.88 Å². The van der Waals surface area contributed by atoms with Crippen molar-refractivity contribution >= 4 is 11.3 Å². The summed E-state index contributed by atoms with van der Waals surface area (Å²) >= 11 is 1.57. The van der Waals surface area contributed by atoms with Crippen LogP contribution >= 0.6 is 11.3 Å². The van der Waals surface area contributed by atoms with Crippen molar-refractivity contribution in [3.63, 3.8) is 0 Å². The van der Waals surface area contributed by atoms with Crippen molar-refractivity contribution < 1.29 is 5.11 Å². The lowest BCUT2D eigenvalue weighted by Gasteiger charge is -2.07. The van der Waals surface area contributed by atoms with Crippen molar-refractivity contribution in [2.24, 2.45) is 0 Å². The standard InChI is InChI=1S/C9H12N2OS/c10-7-8(11-4-2-5-12)9-3-1-6-13-9/h1,3,6,8,11-12H,2,4-5H2. The first-order valence-electron chi connectivity index (χ1n) is 4.15. The molecule has 1 heterocycles. The quantitative estimate of drug-likeness (QED) is 0.698. The molecule has 0 aliphatic carbocycles. The number of aliphatic hydroxyl groups is 1. The lowest BCUT2D eigenvalue weighted by atomic mass is 10.2. The molecule has 0 saturated carbocycles. The average molecular weight is 196 g/mol. The molecule has 1 atom stereocenters. The maximum atomic E-state index is 8.83. The van der Waals surface area contributed by atoms with E-state index in [4.69, 9.17) is 10.4 Å². The first-order chi connectivity index (χ1) is 6.38. The van der Waals surface area contributed by atoms with E-state index in [0.29, 0.717) is 13.0 Å². The molecule has 2 N–H and O–H groups in total. The zero-order chi connectivity index (χ0) is 9.52. The Hall–Kier alpha value is -0.890. The van der Waals surface area contributed by atoms with Gasteiger partial charge in [-0.25, -0.2) is 0 Å². The zero-order valence-corrected chi connectivity index (χ0v) is 8.05. The van der Waals surface area contributed by atoms with Crippen molar-refractivity contribution in [1.29, 1.82) is 5.26 Å². The van der Waals surface area contributed by atoms with Gasteiger partial charge in [0.15, 0.2) is 0 Å². The van der Waals surface area contributed by atoms with Gasteiger partial charge in [-0.3, -0.25) is 5.32 Å². The van der Waals surface area contributed by atoms with E-state index >= 15 is 0 Å². The molecule has 13 heavy (non-hydrogen) atoms. The predicted molar refractivity (Wildman–Crippen MR) is 52.4 cm³/mol. The highest BCUT2D eigenvalue weighted by molar-refractivity contribution is 7.10. The second-order valence-corrected chi connectivity index (χ2v) is 3.59. The van der Waals surface area contributed by atoms with E-state index in [1.165, 1.54) is 0 Å². The fourth-order valence-corrected chi connectivity index (χ4v) is 1.73. The Morgan fingerprint density at radius 2 is 2.54 bits per heavy atom. The Labute approximate surface area is 81.6 Å². The molecular formula is C9H12N2OS. The number of rotatable bonds is 5. The fraction of sp³-hybridized carbons (Fsp3) is 0.444. The lowest BCUT2D eigenvalue weighted by molar-refractivity contribution is 0.285. The van der Waals surface area contributed by atoms with E-state index in [1.807, 2.05) is 17.5 Å². The van der Waals surface area contributed by atoms with E-state index in [9.17, 15) is 0 Å². The molecule has 0 spiro atoms. The molecule has 1 aromatic rings. The van der Waals surface area contributed by atoms with Gasteiger partial charge in [-0.1, -0.05) is 6.07 Å². The largest absolute Gasteiger partial charge is 0.396 e. The number of nitrogens with one attached hydrogen (secondary N) is 1. The zero-order valence-electron chi connectivity index (χ0n) is 7.23. The third-order valence-electron chi connectivity index (χ3n) is 1.64. The van der Waals surface area contributed by atoms with Crippen LogP contribution < -0.4 is 5.32 Å². The van der Waals surface area contributed by atoms with Gasteiger partial charge >= 0.3 is 0 Å². The SMILES string of the molecule is N#CC(NCCCO)c1cccs1. The monoisotopic (exact) mass is 196 g/mol. The van der Waals surface area contributed by atoms with Crippen molar-refractivity contribution in [2.75, 3.05) is 13.2 Å². The molecule has 0 saturated heterocycles. The average Bonchev–Trinajstić information content (AvgIpc) is 2.65. The van der Waals surface area contributed by atoms with Gasteiger partial charge in [-0.05, 0) is 24.4 Å². The Balaban J connectivity index is 2.41. The molecule has 1 aromatic heterocycles. The second kappa shape index (κ2) is 5.70. The van der Waals surface area contributed by atoms with Gasteiger partial charge in [0.05, 0.1) is 6.07 Å². The smallest absolute Gasteiger partial charge is 0.130 e. The normalized spacial score (nSPS) is 12.3. The first-order valence-corrected chi connectivity index (χ1v) is 5.03. The van der Waals surface area contributed by atoms with Crippen LogP contribution in [-0.4, -0.2) is 18.3 Å². The predicted octanol–water partition coefficient (Wildman–Crippen LogP) is 1.28. The summed E-state index contributed by atoms with van der Waals surface area (Å²) in [7, 11) is 0. The highest BCUT2D eigenvalue weighted by Crippen LogP contribution is 2.17. The minimum atomic E-state index is -0.230. The number of thiophene rings is 1. The molecule has 0 aliphatic heterocycles. The summed E-state index contributed by atoms with van der Waals surface area (Å²) in [5.74, 6) is 0. The van der Waals surface area contributed by atoms with Crippen molar-refractivity contribution in [3.05, 3.63) is 22.4 Å². The van der Waals surface area contributed by atoms with Crippen LogP contribution in [0.1, 0.15) is 17.3 Å². The summed E-state index contributed by atoms with van der Waals surface area (Å²) in [6.45, 7) is 0.836. The Bertz CT molecular complexity index is 266. The number of nitriles is 1. The summed E-state index contributed by atoms with van der Waals surface area (Å²) < 4.78 is 0. The van der Waals surface area contributed by atoms with E-state index < -0.39 is 0 Å². The minimum Gasteiger partial charge on any atom is -0.396 e. The van der Waals surface area contributed by atoms with Crippen LogP contribution in [0.4, 0.5) is 0 Å². The maximum Gasteiger partial charge on any atom is 0.130 e. The summed E-state index contributed by atoms with van der Waals surface area (Å²) in [5.41, 5.74) is 0. The molecule has 70 valence electrons. The highest BCUT2D eigenvalue weighted by atomic mass is 32.1. The molecule has 0 bridgehead atoms. The van der Waals surface area contributed by atoms with Gasteiger partial charge in [0.2, 0.25) is 0 Å². The molecule has 3 nitrogen and oxygen atoms in total. The van der Waals surface area contributed by atoms with E-state index in [-0.39, 0.29) is 12.6 Å². The molecule has 0 aliphatic rings. The van der Waals surface area contributed by atoms with Crippen LogP contribution in [0.25, 0.3) is 0 Å². The Kier molecular flexibility index (Phi) is 4.47. The summed E-state index contributed by atoms with van der Waals surface area (Å²) in [6, 6.07) is 5.81. The van der Waals surface area contributed by atoms with Gasteiger partial charge in [-0.15, -0.1) is 11.3 Å². The molecule has 0 fully saturated rings. The molecule has 1 unspecified atom stereocenters. The van der Waals surface area contributed by atoms with Gasteiger partial charge in [0.25, 0.3) is 0 Å². The third-order valence-corrected chi connectivity index (χ3v) is 2.58. The molecule has 0 radical (unpaired) electrons. The van der Waals surface area contributed by atoms with Crippen molar-refractivity contribution in [3.8, 4) is 6.07 Å². The molecular weight excluding hydrogens is 184 g/mol. The Morgan fingerprint density at radius 3 is 3.08 bits per heavy atom. The first kappa shape index (κ1) is 10.2. The maximum absolute atomic E-state index is 8.83. The molecule has 4 heteroatoms. The molecule has 0 aromatic carbocycles. The topological polar surface area (TPSA) is 56.0 Å².